The van der Waals surface area contributed by atoms with Gasteiger partial charge in [-0.05, 0) is 30.2 Å². The highest BCUT2D eigenvalue weighted by Gasteiger charge is 2.33. The minimum absolute atomic E-state index is 0.268. The number of rotatable bonds is 3. The molecule has 1 heterocycles. The average Bonchev–Trinajstić information content (AvgIpc) is 2.48. The van der Waals surface area contributed by atoms with E-state index in [-0.39, 0.29) is 5.69 Å². The van der Waals surface area contributed by atoms with Gasteiger partial charge in [-0.2, -0.15) is 13.2 Å². The van der Waals surface area contributed by atoms with Crippen LogP contribution in [0.15, 0.2) is 30.6 Å². The third-order valence-corrected chi connectivity index (χ3v) is 2.86. The summed E-state index contributed by atoms with van der Waals surface area (Å²) in [6.07, 6.45) is -2.95. The molecule has 0 fully saturated rings. The normalized spacial score (nSPS) is 11.3. The van der Waals surface area contributed by atoms with E-state index in [1.807, 2.05) is 0 Å². The van der Waals surface area contributed by atoms with Crippen LogP contribution in [-0.4, -0.2) is 15.9 Å². The number of hydrogen-bond acceptors (Lipinski definition) is 3. The van der Waals surface area contributed by atoms with Crippen LogP contribution in [0.5, 0.6) is 0 Å². The van der Waals surface area contributed by atoms with Crippen LogP contribution < -0.4 is 5.32 Å². The van der Waals surface area contributed by atoms with Crippen molar-refractivity contribution < 1.29 is 22.4 Å². The molecule has 1 aromatic heterocycles. The second-order valence-electron chi connectivity index (χ2n) is 4.40. The number of benzene rings is 1. The monoisotopic (exact) mass is 313 g/mol. The van der Waals surface area contributed by atoms with Gasteiger partial charge in [0.15, 0.2) is 5.69 Å². The van der Waals surface area contributed by atoms with Gasteiger partial charge in [-0.3, -0.25) is 4.79 Å². The fourth-order valence-corrected chi connectivity index (χ4v) is 1.71. The van der Waals surface area contributed by atoms with E-state index in [2.05, 4.69) is 15.3 Å². The average molecular weight is 313 g/mol. The lowest BCUT2D eigenvalue weighted by molar-refractivity contribution is -0.141. The fourth-order valence-electron chi connectivity index (χ4n) is 1.71. The minimum Gasteiger partial charge on any atom is -0.321 e. The molecule has 0 aliphatic heterocycles. The lowest BCUT2D eigenvalue weighted by Gasteiger charge is -2.08. The number of amides is 1. The molecule has 1 N–H and O–H groups in total. The highest BCUT2D eigenvalue weighted by molar-refractivity contribution is 6.02. The van der Waals surface area contributed by atoms with Gasteiger partial charge in [-0.25, -0.2) is 14.4 Å². The molecule has 2 aromatic rings. The maximum absolute atomic E-state index is 13.3. The Morgan fingerprint density at radius 1 is 1.23 bits per heavy atom. The Hall–Kier alpha value is -2.51. The second-order valence-corrected chi connectivity index (χ2v) is 4.40. The predicted molar refractivity (Wildman–Crippen MR) is 70.8 cm³/mol. The zero-order valence-electron chi connectivity index (χ0n) is 11.4. The summed E-state index contributed by atoms with van der Waals surface area (Å²) in [5, 5.41) is 2.43. The Bertz CT molecular complexity index is 683. The van der Waals surface area contributed by atoms with Crippen LogP contribution >= 0.6 is 0 Å². The molecular formula is C14H11F4N3O. The van der Waals surface area contributed by atoms with Gasteiger partial charge in [-0.15, -0.1) is 0 Å². The summed E-state index contributed by atoms with van der Waals surface area (Å²) >= 11 is 0. The van der Waals surface area contributed by atoms with Crippen molar-refractivity contribution in [2.45, 2.75) is 19.5 Å². The summed E-state index contributed by atoms with van der Waals surface area (Å²) in [5.41, 5.74) is -0.712. The first kappa shape index (κ1) is 15.9. The van der Waals surface area contributed by atoms with Gasteiger partial charge in [0.25, 0.3) is 5.91 Å². The Morgan fingerprint density at radius 3 is 2.50 bits per heavy atom. The van der Waals surface area contributed by atoms with E-state index < -0.39 is 23.6 Å². The van der Waals surface area contributed by atoms with Gasteiger partial charge >= 0.3 is 6.18 Å². The molecule has 22 heavy (non-hydrogen) atoms. The summed E-state index contributed by atoms with van der Waals surface area (Å²) in [6, 6.07) is 4.00. The molecule has 0 saturated carbocycles. The zero-order chi connectivity index (χ0) is 16.3. The summed E-state index contributed by atoms with van der Waals surface area (Å²) in [4.78, 5) is 18.5. The lowest BCUT2D eigenvalue weighted by Crippen LogP contribution is -2.16. The lowest BCUT2D eigenvalue weighted by atomic mass is 10.1. The van der Waals surface area contributed by atoms with Gasteiger partial charge in [-0.1, -0.05) is 6.92 Å². The van der Waals surface area contributed by atoms with Crippen LogP contribution in [0.25, 0.3) is 0 Å². The van der Waals surface area contributed by atoms with Gasteiger partial charge in [0.2, 0.25) is 0 Å². The smallest absolute Gasteiger partial charge is 0.321 e. The predicted octanol–water partition coefficient (Wildman–Crippen LogP) is 3.45. The number of anilines is 1. The zero-order valence-corrected chi connectivity index (χ0v) is 11.4. The molecule has 0 spiro atoms. The van der Waals surface area contributed by atoms with Crippen LogP contribution in [-0.2, 0) is 12.6 Å². The molecule has 1 amide bonds. The van der Waals surface area contributed by atoms with E-state index in [9.17, 15) is 22.4 Å². The molecular weight excluding hydrogens is 302 g/mol. The van der Waals surface area contributed by atoms with E-state index >= 15 is 0 Å². The molecule has 0 saturated heterocycles. The fraction of sp³-hybridized carbons (Fsp3) is 0.214. The maximum Gasteiger partial charge on any atom is 0.434 e. The Balaban J connectivity index is 2.15. The quantitative estimate of drug-likeness (QED) is 0.883. The van der Waals surface area contributed by atoms with Crippen molar-refractivity contribution in [1.29, 1.82) is 0 Å². The molecule has 0 unspecified atom stereocenters. The number of nitrogens with one attached hydrogen (secondary N) is 1. The van der Waals surface area contributed by atoms with E-state index in [4.69, 9.17) is 0 Å². The van der Waals surface area contributed by atoms with Crippen molar-refractivity contribution in [3.63, 3.8) is 0 Å². The molecule has 0 aliphatic carbocycles. The van der Waals surface area contributed by atoms with Crippen molar-refractivity contribution in [2.75, 3.05) is 5.32 Å². The Kier molecular flexibility index (Phi) is 4.39. The highest BCUT2D eigenvalue weighted by atomic mass is 19.4. The summed E-state index contributed by atoms with van der Waals surface area (Å²) in [6.45, 7) is 1.76. The van der Waals surface area contributed by atoms with Crippen molar-refractivity contribution >= 4 is 11.6 Å². The molecule has 2 rings (SSSR count). The van der Waals surface area contributed by atoms with Gasteiger partial charge in [0, 0.05) is 5.69 Å². The van der Waals surface area contributed by atoms with Crippen LogP contribution in [0, 0.1) is 5.82 Å². The van der Waals surface area contributed by atoms with E-state index in [1.165, 1.54) is 18.2 Å². The molecule has 0 atom stereocenters. The summed E-state index contributed by atoms with van der Waals surface area (Å²) in [5.74, 6) is -1.12. The van der Waals surface area contributed by atoms with Crippen molar-refractivity contribution in [2.24, 2.45) is 0 Å². The standard InChI is InChI=1S/C14H11F4N3O/c1-2-8-5-9(3-4-10(8)15)21-13(22)11-6-20-12(7-19-11)14(16,17)18/h3-7H,2H2,1H3,(H,21,22). The number of nitrogens with zero attached hydrogens (tertiary/aromatic N) is 2. The summed E-state index contributed by atoms with van der Waals surface area (Å²) < 4.78 is 50.4. The number of alkyl halides is 3. The Labute approximate surface area is 123 Å². The summed E-state index contributed by atoms with van der Waals surface area (Å²) in [7, 11) is 0. The third-order valence-electron chi connectivity index (χ3n) is 2.86. The molecule has 4 nitrogen and oxygen atoms in total. The number of halogens is 4. The van der Waals surface area contributed by atoms with Crippen LogP contribution in [0.3, 0.4) is 0 Å². The minimum atomic E-state index is -4.62. The van der Waals surface area contributed by atoms with Crippen LogP contribution in [0.2, 0.25) is 0 Å². The molecule has 0 bridgehead atoms. The second kappa shape index (κ2) is 6.08. The number of carbonyl (C=O) groups excluding carboxylic acids is 1. The van der Waals surface area contributed by atoms with Crippen LogP contribution in [0.4, 0.5) is 23.2 Å². The van der Waals surface area contributed by atoms with Crippen molar-refractivity contribution in [3.8, 4) is 0 Å². The van der Waals surface area contributed by atoms with Gasteiger partial charge in [0.05, 0.1) is 12.4 Å². The largest absolute Gasteiger partial charge is 0.434 e. The topological polar surface area (TPSA) is 54.9 Å². The number of aromatic nitrogens is 2. The highest BCUT2D eigenvalue weighted by Crippen LogP contribution is 2.26. The molecule has 0 aliphatic rings. The number of hydrogen-bond donors (Lipinski definition) is 1. The van der Waals surface area contributed by atoms with Gasteiger partial charge in [0.1, 0.15) is 11.5 Å². The molecule has 0 radical (unpaired) electrons. The first-order valence-electron chi connectivity index (χ1n) is 6.30. The van der Waals surface area contributed by atoms with E-state index in [1.54, 1.807) is 6.92 Å². The van der Waals surface area contributed by atoms with E-state index in [0.717, 1.165) is 6.20 Å². The van der Waals surface area contributed by atoms with Crippen molar-refractivity contribution in [1.82, 2.24) is 9.97 Å². The number of aryl methyl sites for hydroxylation is 1. The molecule has 116 valence electrons. The third kappa shape index (κ3) is 3.57. The first-order valence-corrected chi connectivity index (χ1v) is 6.30. The maximum atomic E-state index is 13.3. The Morgan fingerprint density at radius 2 is 1.95 bits per heavy atom. The van der Waals surface area contributed by atoms with Crippen LogP contribution in [0.1, 0.15) is 28.7 Å². The molecule has 8 heteroatoms. The van der Waals surface area contributed by atoms with E-state index in [0.29, 0.717) is 23.9 Å². The first-order chi connectivity index (χ1) is 10.3. The number of carbonyl (C=O) groups is 1. The SMILES string of the molecule is CCc1cc(NC(=O)c2cnc(C(F)(F)F)cn2)ccc1F. The molecule has 1 aromatic carbocycles. The van der Waals surface area contributed by atoms with Crippen molar-refractivity contribution in [3.05, 3.63) is 53.4 Å². The van der Waals surface area contributed by atoms with Gasteiger partial charge < -0.3 is 5.32 Å².